The fraction of sp³-hybridized carbons (Fsp3) is 0.333. The summed E-state index contributed by atoms with van der Waals surface area (Å²) in [5.41, 5.74) is 1.54. The number of aryl methyl sites for hydroxylation is 1. The average molecular weight is 334 g/mol. The van der Waals surface area contributed by atoms with E-state index in [9.17, 15) is 14.3 Å². The molecule has 0 atom stereocenters. The number of carboxylic acids is 1. The van der Waals surface area contributed by atoms with E-state index in [4.69, 9.17) is 5.11 Å². The fourth-order valence-corrected chi connectivity index (χ4v) is 2.63. The van der Waals surface area contributed by atoms with Crippen LogP contribution in [-0.4, -0.2) is 34.3 Å². The van der Waals surface area contributed by atoms with E-state index in [2.05, 4.69) is 24.5 Å². The van der Waals surface area contributed by atoms with E-state index in [1.54, 1.807) is 13.0 Å². The second-order valence-electron chi connectivity index (χ2n) is 5.45. The SMILES string of the molecule is Cc1cc(N2CCCC2)cc(C(=O)O)c1N=Nc1nc(O)c(F)o1. The number of anilines is 1. The van der Waals surface area contributed by atoms with Crippen molar-refractivity contribution < 1.29 is 23.8 Å². The number of oxazole rings is 1. The Morgan fingerprint density at radius 1 is 1.33 bits per heavy atom. The molecule has 1 aliphatic heterocycles. The molecule has 1 saturated heterocycles. The number of hydrogen-bond donors (Lipinski definition) is 2. The molecule has 24 heavy (non-hydrogen) atoms. The monoisotopic (exact) mass is 334 g/mol. The van der Waals surface area contributed by atoms with Crippen molar-refractivity contribution in [1.29, 1.82) is 0 Å². The van der Waals surface area contributed by atoms with Gasteiger partial charge >= 0.3 is 18.0 Å². The highest BCUT2D eigenvalue weighted by molar-refractivity contribution is 5.95. The van der Waals surface area contributed by atoms with Gasteiger partial charge in [-0.15, -0.1) is 5.11 Å². The molecule has 0 saturated carbocycles. The summed E-state index contributed by atoms with van der Waals surface area (Å²) in [6.07, 6.45) is 2.14. The molecule has 1 fully saturated rings. The Labute approximate surface area is 136 Å². The topological polar surface area (TPSA) is 112 Å². The van der Waals surface area contributed by atoms with Crippen molar-refractivity contribution >= 4 is 23.4 Å². The third kappa shape index (κ3) is 3.05. The van der Waals surface area contributed by atoms with E-state index < -0.39 is 23.9 Å². The van der Waals surface area contributed by atoms with Gasteiger partial charge < -0.3 is 19.5 Å². The van der Waals surface area contributed by atoms with Gasteiger partial charge in [0.1, 0.15) is 5.69 Å². The summed E-state index contributed by atoms with van der Waals surface area (Å²) in [7, 11) is 0. The second-order valence-corrected chi connectivity index (χ2v) is 5.45. The maximum absolute atomic E-state index is 12.9. The van der Waals surface area contributed by atoms with Gasteiger partial charge in [-0.2, -0.15) is 9.37 Å². The lowest BCUT2D eigenvalue weighted by Gasteiger charge is -2.19. The first-order chi connectivity index (χ1) is 11.5. The van der Waals surface area contributed by atoms with Crippen LogP contribution in [0.1, 0.15) is 28.8 Å². The molecule has 0 bridgehead atoms. The molecule has 0 amide bonds. The van der Waals surface area contributed by atoms with Crippen molar-refractivity contribution in [2.45, 2.75) is 19.8 Å². The standard InChI is InChI=1S/C15H15FN4O4/c1-8-6-9(20-4-2-3-5-20)7-10(14(22)23)11(8)18-19-15-17-13(21)12(16)24-15/h6-7,21H,2-5H2,1H3,(H,22,23). The first-order valence-electron chi connectivity index (χ1n) is 7.35. The molecular weight excluding hydrogens is 319 g/mol. The predicted molar refractivity (Wildman–Crippen MR) is 81.9 cm³/mol. The van der Waals surface area contributed by atoms with Gasteiger partial charge in [-0.25, -0.2) is 4.79 Å². The molecule has 9 heteroatoms. The van der Waals surface area contributed by atoms with Crippen molar-refractivity contribution in [3.05, 3.63) is 29.3 Å². The Morgan fingerprint density at radius 3 is 2.62 bits per heavy atom. The Balaban J connectivity index is 1.98. The highest BCUT2D eigenvalue weighted by Crippen LogP contribution is 2.33. The number of halogens is 1. The van der Waals surface area contributed by atoms with E-state index >= 15 is 0 Å². The zero-order chi connectivity index (χ0) is 17.3. The van der Waals surface area contributed by atoms with Crippen molar-refractivity contribution in [1.82, 2.24) is 4.98 Å². The van der Waals surface area contributed by atoms with Crippen molar-refractivity contribution in [3.63, 3.8) is 0 Å². The summed E-state index contributed by atoms with van der Waals surface area (Å²) in [6.45, 7) is 3.48. The quantitative estimate of drug-likeness (QED) is 0.827. The molecule has 1 aromatic carbocycles. The maximum atomic E-state index is 12.9. The maximum Gasteiger partial charge on any atom is 0.346 e. The smallest absolute Gasteiger partial charge is 0.346 e. The average Bonchev–Trinajstić information content (AvgIpc) is 3.16. The Kier molecular flexibility index (Phi) is 4.15. The molecule has 8 nitrogen and oxygen atoms in total. The van der Waals surface area contributed by atoms with Crippen LogP contribution in [-0.2, 0) is 0 Å². The normalized spacial score (nSPS) is 14.7. The Morgan fingerprint density at radius 2 is 2.04 bits per heavy atom. The molecular formula is C15H15FN4O4. The number of aromatic hydroxyl groups is 1. The molecule has 2 aromatic rings. The van der Waals surface area contributed by atoms with Crippen LogP contribution >= 0.6 is 0 Å². The van der Waals surface area contributed by atoms with Crippen molar-refractivity contribution in [2.24, 2.45) is 10.2 Å². The van der Waals surface area contributed by atoms with Crippen molar-refractivity contribution in [3.8, 4) is 5.88 Å². The fourth-order valence-electron chi connectivity index (χ4n) is 2.63. The predicted octanol–water partition coefficient (Wildman–Crippen LogP) is 3.54. The van der Waals surface area contributed by atoms with E-state index in [0.717, 1.165) is 31.6 Å². The molecule has 126 valence electrons. The molecule has 0 aliphatic carbocycles. The van der Waals surface area contributed by atoms with Gasteiger partial charge in [0.25, 0.3) is 5.88 Å². The lowest BCUT2D eigenvalue weighted by Crippen LogP contribution is -2.18. The molecule has 3 rings (SSSR count). The second kappa shape index (κ2) is 6.26. The number of nitrogens with zero attached hydrogens (tertiary/aromatic N) is 4. The first-order valence-corrected chi connectivity index (χ1v) is 7.35. The van der Waals surface area contributed by atoms with Crippen LogP contribution in [0.4, 0.5) is 21.8 Å². The van der Waals surface area contributed by atoms with Gasteiger partial charge in [-0.3, -0.25) is 0 Å². The summed E-state index contributed by atoms with van der Waals surface area (Å²) >= 11 is 0. The number of hydrogen-bond acceptors (Lipinski definition) is 7. The van der Waals surface area contributed by atoms with E-state index in [-0.39, 0.29) is 11.3 Å². The van der Waals surface area contributed by atoms with Gasteiger partial charge in [-0.1, -0.05) is 5.11 Å². The van der Waals surface area contributed by atoms with Crippen LogP contribution in [0, 0.1) is 12.9 Å². The largest absolute Gasteiger partial charge is 0.489 e. The highest BCUT2D eigenvalue weighted by atomic mass is 19.1. The number of aromatic carboxylic acids is 1. The van der Waals surface area contributed by atoms with E-state index in [0.29, 0.717) is 5.56 Å². The number of azo groups is 1. The highest BCUT2D eigenvalue weighted by Gasteiger charge is 2.19. The van der Waals surface area contributed by atoms with Crippen LogP contribution in [0.15, 0.2) is 26.8 Å². The summed E-state index contributed by atoms with van der Waals surface area (Å²) < 4.78 is 17.3. The molecule has 2 N–H and O–H groups in total. The molecule has 1 aromatic heterocycles. The van der Waals surface area contributed by atoms with Gasteiger partial charge in [0.05, 0.1) is 5.56 Å². The third-order valence-electron chi connectivity index (χ3n) is 3.78. The van der Waals surface area contributed by atoms with Crippen LogP contribution in [0.2, 0.25) is 0 Å². The number of carboxylic acid groups (broad SMARTS) is 1. The van der Waals surface area contributed by atoms with E-state index in [1.165, 1.54) is 0 Å². The van der Waals surface area contributed by atoms with Gasteiger partial charge in [0.2, 0.25) is 0 Å². The minimum Gasteiger partial charge on any atom is -0.489 e. The van der Waals surface area contributed by atoms with Crippen LogP contribution in [0.25, 0.3) is 0 Å². The first kappa shape index (κ1) is 15.9. The van der Waals surface area contributed by atoms with Crippen LogP contribution < -0.4 is 4.90 Å². The lowest BCUT2D eigenvalue weighted by atomic mass is 10.1. The van der Waals surface area contributed by atoms with E-state index in [1.807, 2.05) is 6.07 Å². The summed E-state index contributed by atoms with van der Waals surface area (Å²) in [5.74, 6) is -2.07. The molecule has 2 heterocycles. The molecule has 0 unspecified atom stereocenters. The van der Waals surface area contributed by atoms with Gasteiger partial charge in [-0.05, 0) is 37.5 Å². The zero-order valence-corrected chi connectivity index (χ0v) is 12.9. The van der Waals surface area contributed by atoms with Crippen LogP contribution in [0.3, 0.4) is 0 Å². The third-order valence-corrected chi connectivity index (χ3v) is 3.78. The number of rotatable bonds is 4. The molecule has 0 radical (unpaired) electrons. The Bertz CT molecular complexity index is 793. The number of benzene rings is 1. The minimum atomic E-state index is -1.27. The molecule has 0 spiro atoms. The number of aromatic nitrogens is 1. The minimum absolute atomic E-state index is 0.0168. The number of carbonyl (C=O) groups is 1. The van der Waals surface area contributed by atoms with Crippen molar-refractivity contribution in [2.75, 3.05) is 18.0 Å². The summed E-state index contributed by atoms with van der Waals surface area (Å²) in [6, 6.07) is 1.61. The van der Waals surface area contributed by atoms with Gasteiger partial charge in [0, 0.05) is 18.8 Å². The zero-order valence-electron chi connectivity index (χ0n) is 12.9. The molecule has 1 aliphatic rings. The Hall–Kier alpha value is -2.97. The summed E-state index contributed by atoms with van der Waals surface area (Å²) in [5, 5.41) is 25.8. The van der Waals surface area contributed by atoms with Crippen LogP contribution in [0.5, 0.6) is 5.88 Å². The summed E-state index contributed by atoms with van der Waals surface area (Å²) in [4.78, 5) is 17.0. The lowest BCUT2D eigenvalue weighted by molar-refractivity contribution is 0.0697. The van der Waals surface area contributed by atoms with Gasteiger partial charge in [0.15, 0.2) is 0 Å².